The van der Waals surface area contributed by atoms with Gasteiger partial charge in [0.25, 0.3) is 0 Å². The molecule has 0 radical (unpaired) electrons. The summed E-state index contributed by atoms with van der Waals surface area (Å²) in [7, 11) is 0. The number of nitro groups is 1. The van der Waals surface area contributed by atoms with E-state index in [9.17, 15) is 14.6 Å². The molecule has 0 bridgehead atoms. The van der Waals surface area contributed by atoms with Gasteiger partial charge in [0.05, 0.1) is 10.4 Å². The molecule has 0 aliphatic rings. The Labute approximate surface area is 90.7 Å². The van der Waals surface area contributed by atoms with Crippen LogP contribution in [0, 0.1) is 10.1 Å². The molecule has 5 heteroatoms. The van der Waals surface area contributed by atoms with Crippen LogP contribution in [0.5, 0.6) is 0 Å². The summed E-state index contributed by atoms with van der Waals surface area (Å²) in [5.41, 5.74) is 0.897. The zero-order valence-corrected chi connectivity index (χ0v) is 8.55. The highest BCUT2D eigenvalue weighted by Crippen LogP contribution is 2.23. The first-order valence-electron chi connectivity index (χ1n) is 4.68. The Morgan fingerprint density at radius 2 is 2.19 bits per heavy atom. The number of benzene rings is 1. The second-order valence-corrected chi connectivity index (χ2v) is 3.46. The van der Waals surface area contributed by atoms with E-state index in [0.717, 1.165) is 0 Å². The number of para-hydroxylation sites is 1. The number of fused-ring (bicyclic) bond motifs is 1. The van der Waals surface area contributed by atoms with Crippen molar-refractivity contribution >= 4 is 17.0 Å². The predicted octanol–water partition coefficient (Wildman–Crippen LogP) is 3.01. The molecule has 0 saturated heterocycles. The Bertz CT molecular complexity index is 587. The van der Waals surface area contributed by atoms with Gasteiger partial charge < -0.3 is 0 Å². The number of aromatic nitrogens is 1. The van der Waals surface area contributed by atoms with Crippen molar-refractivity contribution in [2.24, 2.45) is 0 Å². The van der Waals surface area contributed by atoms with E-state index < -0.39 is 4.92 Å². The number of allylic oxidation sites excluding steroid dienone is 1. The number of nitrogens with zero attached hydrogens (tertiary/aromatic N) is 2. The summed E-state index contributed by atoms with van der Waals surface area (Å²) in [5.74, 6) is 0. The van der Waals surface area contributed by atoms with Gasteiger partial charge in [-0.1, -0.05) is 22.7 Å². The zero-order valence-electron chi connectivity index (χ0n) is 8.55. The smallest absolute Gasteiger partial charge is 0.243 e. The molecule has 2 aromatic rings. The van der Waals surface area contributed by atoms with E-state index in [1.54, 1.807) is 24.3 Å². The lowest BCUT2D eigenvalue weighted by molar-refractivity contribution is -0.422. The van der Waals surface area contributed by atoms with E-state index in [2.05, 4.69) is 0 Å². The second kappa shape index (κ2) is 3.77. The highest BCUT2D eigenvalue weighted by atomic mass is 19.2. The maximum atomic E-state index is 13.4. The van der Waals surface area contributed by atoms with E-state index in [1.807, 2.05) is 0 Å². The minimum atomic E-state index is -0.496. The first-order chi connectivity index (χ1) is 7.59. The van der Waals surface area contributed by atoms with Gasteiger partial charge in [-0.25, -0.2) is 0 Å². The maximum Gasteiger partial charge on any atom is 0.243 e. The molecule has 1 heterocycles. The van der Waals surface area contributed by atoms with Gasteiger partial charge in [0.15, 0.2) is 0 Å². The lowest BCUT2D eigenvalue weighted by Gasteiger charge is -1.91. The fraction of sp³-hybridized carbons (Fsp3) is 0.0909. The van der Waals surface area contributed by atoms with Gasteiger partial charge >= 0.3 is 0 Å². The number of rotatable bonds is 2. The lowest BCUT2D eigenvalue weighted by Crippen LogP contribution is -1.92. The quantitative estimate of drug-likeness (QED) is 0.577. The van der Waals surface area contributed by atoms with Gasteiger partial charge in [-0.3, -0.25) is 10.1 Å². The van der Waals surface area contributed by atoms with Crippen LogP contribution in [0.4, 0.5) is 4.48 Å². The molecular formula is C11H9FN2O2. The Balaban J connectivity index is 2.62. The highest BCUT2D eigenvalue weighted by Gasteiger charge is 2.09. The lowest BCUT2D eigenvalue weighted by atomic mass is 10.1. The second-order valence-electron chi connectivity index (χ2n) is 3.46. The van der Waals surface area contributed by atoms with Crippen molar-refractivity contribution in [2.75, 3.05) is 0 Å². The molecule has 16 heavy (non-hydrogen) atoms. The van der Waals surface area contributed by atoms with E-state index >= 15 is 0 Å². The normalized spacial score (nSPS) is 12.0. The van der Waals surface area contributed by atoms with Crippen LogP contribution >= 0.6 is 0 Å². The monoisotopic (exact) mass is 220 g/mol. The third-order valence-corrected chi connectivity index (χ3v) is 2.35. The highest BCUT2D eigenvalue weighted by molar-refractivity contribution is 5.89. The number of hydrogen-bond acceptors (Lipinski definition) is 2. The van der Waals surface area contributed by atoms with E-state index in [0.29, 0.717) is 21.3 Å². The third-order valence-electron chi connectivity index (χ3n) is 2.35. The first-order valence-corrected chi connectivity index (χ1v) is 4.68. The average Bonchev–Trinajstić information content (AvgIpc) is 2.57. The molecule has 0 atom stereocenters. The molecule has 0 saturated carbocycles. The van der Waals surface area contributed by atoms with Gasteiger partial charge in [0.1, 0.15) is 0 Å². The molecule has 0 spiro atoms. The Morgan fingerprint density at radius 3 is 2.88 bits per heavy atom. The van der Waals surface area contributed by atoms with Crippen molar-refractivity contribution in [3.63, 3.8) is 0 Å². The van der Waals surface area contributed by atoms with Crippen LogP contribution in [-0.4, -0.2) is 9.71 Å². The molecule has 2 rings (SSSR count). The minimum Gasteiger partial charge on any atom is -0.259 e. The SMILES string of the molecule is CC(=Cc1cn(F)c2ccccc12)[N+](=O)[O-]. The molecule has 82 valence electrons. The summed E-state index contributed by atoms with van der Waals surface area (Å²) in [6, 6.07) is 6.83. The first kappa shape index (κ1) is 10.4. The van der Waals surface area contributed by atoms with Crippen LogP contribution < -0.4 is 0 Å². The third kappa shape index (κ3) is 1.67. The van der Waals surface area contributed by atoms with Crippen LogP contribution in [0.15, 0.2) is 36.2 Å². The average molecular weight is 220 g/mol. The fourth-order valence-electron chi connectivity index (χ4n) is 1.56. The standard InChI is InChI=1S/C11H9FN2O2/c1-8(14(15)16)6-9-7-13(12)11-5-3-2-4-10(9)11/h2-7H,1H3. The zero-order chi connectivity index (χ0) is 11.7. The van der Waals surface area contributed by atoms with E-state index in [1.165, 1.54) is 19.2 Å². The number of halogens is 1. The van der Waals surface area contributed by atoms with Crippen molar-refractivity contribution in [1.29, 1.82) is 0 Å². The fourth-order valence-corrected chi connectivity index (χ4v) is 1.56. The molecule has 0 fully saturated rings. The van der Waals surface area contributed by atoms with Gasteiger partial charge in [0.2, 0.25) is 5.70 Å². The minimum absolute atomic E-state index is 0.0173. The summed E-state index contributed by atoms with van der Waals surface area (Å²) in [5, 5.41) is 11.1. The molecule has 1 aromatic carbocycles. The molecule has 0 amide bonds. The Hall–Kier alpha value is -2.17. The van der Waals surface area contributed by atoms with Crippen molar-refractivity contribution < 1.29 is 9.40 Å². The van der Waals surface area contributed by atoms with Crippen molar-refractivity contribution in [1.82, 2.24) is 4.79 Å². The summed E-state index contributed by atoms with van der Waals surface area (Å²) < 4.78 is 13.4. The molecule has 0 aliphatic heterocycles. The van der Waals surface area contributed by atoms with Crippen LogP contribution in [0.25, 0.3) is 17.0 Å². The van der Waals surface area contributed by atoms with E-state index in [4.69, 9.17) is 0 Å². The van der Waals surface area contributed by atoms with Gasteiger partial charge in [0, 0.05) is 30.1 Å². The van der Waals surface area contributed by atoms with Crippen molar-refractivity contribution in [3.8, 4) is 0 Å². The van der Waals surface area contributed by atoms with Crippen LogP contribution in [-0.2, 0) is 0 Å². The largest absolute Gasteiger partial charge is 0.259 e. The topological polar surface area (TPSA) is 48.1 Å². The van der Waals surface area contributed by atoms with E-state index in [-0.39, 0.29) is 5.70 Å². The van der Waals surface area contributed by atoms with Gasteiger partial charge in [-0.2, -0.15) is 4.79 Å². The molecule has 4 nitrogen and oxygen atoms in total. The predicted molar refractivity (Wildman–Crippen MR) is 59.1 cm³/mol. The van der Waals surface area contributed by atoms with Crippen LogP contribution in [0.3, 0.4) is 0 Å². The van der Waals surface area contributed by atoms with Crippen LogP contribution in [0.1, 0.15) is 12.5 Å². The molecule has 0 aliphatic carbocycles. The van der Waals surface area contributed by atoms with Crippen molar-refractivity contribution in [2.45, 2.75) is 6.92 Å². The molecule has 1 aromatic heterocycles. The summed E-state index contributed by atoms with van der Waals surface area (Å²) >= 11 is 0. The Kier molecular flexibility index (Phi) is 2.44. The molecular weight excluding hydrogens is 211 g/mol. The summed E-state index contributed by atoms with van der Waals surface area (Å²) in [6.45, 7) is 1.38. The Morgan fingerprint density at radius 1 is 1.50 bits per heavy atom. The van der Waals surface area contributed by atoms with Crippen LogP contribution in [0.2, 0.25) is 0 Å². The number of hydrogen-bond donors (Lipinski definition) is 0. The van der Waals surface area contributed by atoms with Crippen molar-refractivity contribution in [3.05, 3.63) is 51.8 Å². The molecule has 0 unspecified atom stereocenters. The summed E-state index contributed by atoms with van der Waals surface area (Å²) in [4.78, 5) is 10.5. The van der Waals surface area contributed by atoms with Gasteiger partial charge in [-0.15, -0.1) is 0 Å². The summed E-state index contributed by atoms with van der Waals surface area (Å²) in [6.07, 6.45) is 2.59. The molecule has 0 N–H and O–H groups in total. The maximum absolute atomic E-state index is 13.4. The van der Waals surface area contributed by atoms with Gasteiger partial charge in [-0.05, 0) is 6.07 Å².